The van der Waals surface area contributed by atoms with Gasteiger partial charge in [-0.05, 0) is 32.9 Å². The third-order valence-corrected chi connectivity index (χ3v) is 1.90. The zero-order chi connectivity index (χ0) is 9.94. The van der Waals surface area contributed by atoms with Crippen LogP contribution < -0.4 is 10.6 Å². The van der Waals surface area contributed by atoms with E-state index in [4.69, 9.17) is 4.74 Å². The molecule has 0 spiro atoms. The van der Waals surface area contributed by atoms with Crippen molar-refractivity contribution in [2.45, 2.75) is 32.7 Å². The third-order valence-electron chi connectivity index (χ3n) is 1.90. The fourth-order valence-electron chi connectivity index (χ4n) is 1.12. The van der Waals surface area contributed by atoms with E-state index in [1.807, 2.05) is 0 Å². The summed E-state index contributed by atoms with van der Waals surface area (Å²) in [5.41, 5.74) is 0. The van der Waals surface area contributed by atoms with E-state index < -0.39 is 0 Å². The maximum absolute atomic E-state index is 4.96. The molecule has 0 aromatic rings. The van der Waals surface area contributed by atoms with Crippen molar-refractivity contribution >= 4 is 0 Å². The summed E-state index contributed by atoms with van der Waals surface area (Å²) in [4.78, 5) is 0. The molecule has 0 rings (SSSR count). The number of ether oxygens (including phenoxy) is 1. The van der Waals surface area contributed by atoms with Crippen molar-refractivity contribution < 1.29 is 4.74 Å². The first-order valence-electron chi connectivity index (χ1n) is 5.24. The lowest BCUT2D eigenvalue weighted by molar-refractivity contribution is 0.194. The van der Waals surface area contributed by atoms with Gasteiger partial charge in [0.05, 0.1) is 0 Å². The molecule has 0 radical (unpaired) electrons. The van der Waals surface area contributed by atoms with Gasteiger partial charge >= 0.3 is 0 Å². The van der Waals surface area contributed by atoms with Crippen LogP contribution in [0.15, 0.2) is 0 Å². The van der Waals surface area contributed by atoms with E-state index in [2.05, 4.69) is 24.5 Å². The van der Waals surface area contributed by atoms with Crippen LogP contribution in [0, 0.1) is 0 Å². The zero-order valence-electron chi connectivity index (χ0n) is 9.23. The second-order valence-corrected chi connectivity index (χ2v) is 3.41. The Morgan fingerprint density at radius 2 is 2.08 bits per heavy atom. The van der Waals surface area contributed by atoms with Crippen LogP contribution in [0.1, 0.15) is 26.7 Å². The molecule has 0 saturated heterocycles. The van der Waals surface area contributed by atoms with Crippen molar-refractivity contribution in [2.24, 2.45) is 0 Å². The first kappa shape index (κ1) is 12.9. The molecule has 2 N–H and O–H groups in total. The minimum atomic E-state index is 0.572. The molecule has 3 nitrogen and oxygen atoms in total. The molecule has 0 fully saturated rings. The molecule has 0 bridgehead atoms. The molecule has 0 amide bonds. The molecule has 0 aromatic carbocycles. The van der Waals surface area contributed by atoms with E-state index in [0.29, 0.717) is 6.04 Å². The summed E-state index contributed by atoms with van der Waals surface area (Å²) in [5, 5.41) is 6.82. The number of hydrogen-bond donors (Lipinski definition) is 2. The highest BCUT2D eigenvalue weighted by molar-refractivity contribution is 4.62. The van der Waals surface area contributed by atoms with Crippen molar-refractivity contribution in [3.63, 3.8) is 0 Å². The minimum absolute atomic E-state index is 0.572. The van der Waals surface area contributed by atoms with Gasteiger partial charge in [-0.15, -0.1) is 0 Å². The molecule has 80 valence electrons. The maximum Gasteiger partial charge on any atom is 0.0474 e. The average molecular weight is 188 g/mol. The second-order valence-electron chi connectivity index (χ2n) is 3.41. The minimum Gasteiger partial charge on any atom is -0.385 e. The normalized spacial score (nSPS) is 13.2. The van der Waals surface area contributed by atoms with Crippen LogP contribution in [0.2, 0.25) is 0 Å². The number of hydrogen-bond acceptors (Lipinski definition) is 3. The Kier molecular flexibility index (Phi) is 9.87. The SMILES string of the molecule is CCCNC(C)CNCCCOC. The summed E-state index contributed by atoms with van der Waals surface area (Å²) in [6, 6.07) is 0.572. The van der Waals surface area contributed by atoms with E-state index >= 15 is 0 Å². The number of methoxy groups -OCH3 is 1. The van der Waals surface area contributed by atoms with Crippen LogP contribution in [-0.4, -0.2) is 39.4 Å². The lowest BCUT2D eigenvalue weighted by atomic mass is 10.3. The largest absolute Gasteiger partial charge is 0.385 e. The lowest BCUT2D eigenvalue weighted by Crippen LogP contribution is -2.37. The molecular formula is C10H24N2O. The maximum atomic E-state index is 4.96. The molecule has 0 aliphatic rings. The van der Waals surface area contributed by atoms with Crippen LogP contribution in [0.4, 0.5) is 0 Å². The average Bonchev–Trinajstić information content (AvgIpc) is 2.14. The standard InChI is InChI=1S/C10H24N2O/c1-4-6-12-10(2)9-11-7-5-8-13-3/h10-12H,4-9H2,1-3H3. The molecule has 13 heavy (non-hydrogen) atoms. The molecule has 0 aromatic heterocycles. The van der Waals surface area contributed by atoms with Gasteiger partial charge in [0.2, 0.25) is 0 Å². The van der Waals surface area contributed by atoms with Crippen molar-refractivity contribution in [3.8, 4) is 0 Å². The Morgan fingerprint density at radius 3 is 2.69 bits per heavy atom. The Labute approximate surface area is 82.2 Å². The first-order chi connectivity index (χ1) is 6.31. The highest BCUT2D eigenvalue weighted by Crippen LogP contribution is 1.82. The number of nitrogens with one attached hydrogen (secondary N) is 2. The van der Waals surface area contributed by atoms with Crippen molar-refractivity contribution in [1.82, 2.24) is 10.6 Å². The smallest absolute Gasteiger partial charge is 0.0474 e. The monoisotopic (exact) mass is 188 g/mol. The van der Waals surface area contributed by atoms with E-state index in [1.54, 1.807) is 7.11 Å². The molecule has 0 heterocycles. The van der Waals surface area contributed by atoms with Crippen LogP contribution in [0.5, 0.6) is 0 Å². The Hall–Kier alpha value is -0.120. The first-order valence-corrected chi connectivity index (χ1v) is 5.24. The van der Waals surface area contributed by atoms with Crippen molar-refractivity contribution in [1.29, 1.82) is 0 Å². The Bertz CT molecular complexity index is 98.9. The zero-order valence-corrected chi connectivity index (χ0v) is 9.23. The predicted molar refractivity (Wildman–Crippen MR) is 57.1 cm³/mol. The van der Waals surface area contributed by atoms with Gasteiger partial charge in [-0.2, -0.15) is 0 Å². The van der Waals surface area contributed by atoms with E-state index in [9.17, 15) is 0 Å². The highest BCUT2D eigenvalue weighted by Gasteiger charge is 1.97. The Balaban J connectivity index is 3.03. The fraction of sp³-hybridized carbons (Fsp3) is 1.00. The van der Waals surface area contributed by atoms with Gasteiger partial charge in [0.15, 0.2) is 0 Å². The van der Waals surface area contributed by atoms with Crippen LogP contribution in [-0.2, 0) is 4.74 Å². The van der Waals surface area contributed by atoms with Crippen LogP contribution in [0.25, 0.3) is 0 Å². The van der Waals surface area contributed by atoms with Gasteiger partial charge in [0.25, 0.3) is 0 Å². The molecule has 3 heteroatoms. The fourth-order valence-corrected chi connectivity index (χ4v) is 1.12. The quantitative estimate of drug-likeness (QED) is 0.530. The highest BCUT2D eigenvalue weighted by atomic mass is 16.5. The summed E-state index contributed by atoms with van der Waals surface area (Å²) in [6.07, 6.45) is 2.30. The summed E-state index contributed by atoms with van der Waals surface area (Å²) in [7, 11) is 1.74. The predicted octanol–water partition coefficient (Wildman–Crippen LogP) is 1.00. The van der Waals surface area contributed by atoms with Crippen molar-refractivity contribution in [2.75, 3.05) is 33.4 Å². The number of rotatable bonds is 9. The molecule has 0 saturated carbocycles. The topological polar surface area (TPSA) is 33.3 Å². The van der Waals surface area contributed by atoms with Crippen LogP contribution >= 0.6 is 0 Å². The molecule has 0 aliphatic carbocycles. The Morgan fingerprint density at radius 1 is 1.31 bits per heavy atom. The summed E-state index contributed by atoms with van der Waals surface area (Å²) >= 11 is 0. The van der Waals surface area contributed by atoms with E-state index in [0.717, 1.165) is 32.7 Å². The molecule has 1 unspecified atom stereocenters. The lowest BCUT2D eigenvalue weighted by Gasteiger charge is -2.13. The van der Waals surface area contributed by atoms with Gasteiger partial charge in [-0.1, -0.05) is 6.92 Å². The van der Waals surface area contributed by atoms with Gasteiger partial charge in [0.1, 0.15) is 0 Å². The van der Waals surface area contributed by atoms with Gasteiger partial charge in [0, 0.05) is 26.3 Å². The van der Waals surface area contributed by atoms with E-state index in [1.165, 1.54) is 6.42 Å². The molecule has 1 atom stereocenters. The second kappa shape index (κ2) is 9.96. The van der Waals surface area contributed by atoms with Gasteiger partial charge in [-0.25, -0.2) is 0 Å². The summed E-state index contributed by atoms with van der Waals surface area (Å²) < 4.78 is 4.96. The molecular weight excluding hydrogens is 164 g/mol. The van der Waals surface area contributed by atoms with Crippen molar-refractivity contribution in [3.05, 3.63) is 0 Å². The van der Waals surface area contributed by atoms with Crippen LogP contribution in [0.3, 0.4) is 0 Å². The van der Waals surface area contributed by atoms with Gasteiger partial charge < -0.3 is 15.4 Å². The van der Waals surface area contributed by atoms with E-state index in [-0.39, 0.29) is 0 Å². The third kappa shape index (κ3) is 9.80. The van der Waals surface area contributed by atoms with Gasteiger partial charge in [-0.3, -0.25) is 0 Å². The molecule has 0 aliphatic heterocycles. The summed E-state index contributed by atoms with van der Waals surface area (Å²) in [5.74, 6) is 0. The summed E-state index contributed by atoms with van der Waals surface area (Å²) in [6.45, 7) is 8.45.